The zero-order chi connectivity index (χ0) is 36.7. The number of anilines is 3. The van der Waals surface area contributed by atoms with Gasteiger partial charge in [-0.05, 0) is 97.4 Å². The smallest absolute Gasteiger partial charge is 0.0547 e. The van der Waals surface area contributed by atoms with Crippen LogP contribution in [0.15, 0.2) is 188 Å². The fourth-order valence-electron chi connectivity index (χ4n) is 9.30. The number of para-hydroxylation sites is 1. The first-order chi connectivity index (χ1) is 27.1. The highest BCUT2D eigenvalue weighted by molar-refractivity contribution is 7.26. The van der Waals surface area contributed by atoms with Gasteiger partial charge in [0.15, 0.2) is 0 Å². The van der Waals surface area contributed by atoms with Crippen LogP contribution < -0.4 is 4.90 Å². The Kier molecular flexibility index (Phi) is 7.14. The van der Waals surface area contributed by atoms with Crippen molar-refractivity contribution in [2.24, 2.45) is 0 Å². The number of benzene rings is 9. The monoisotopic (exact) mass is 719 g/mol. The van der Waals surface area contributed by atoms with Gasteiger partial charge in [-0.25, -0.2) is 0 Å². The van der Waals surface area contributed by atoms with Gasteiger partial charge in [0.25, 0.3) is 0 Å². The third-order valence-corrected chi connectivity index (χ3v) is 13.0. The van der Waals surface area contributed by atoms with Crippen LogP contribution in [0, 0.1) is 0 Å². The maximum atomic E-state index is 2.55. The van der Waals surface area contributed by atoms with Crippen LogP contribution in [0.2, 0.25) is 0 Å². The Morgan fingerprint density at radius 1 is 0.418 bits per heavy atom. The molecule has 0 atom stereocenters. The van der Waals surface area contributed by atoms with Crippen molar-refractivity contribution in [3.05, 3.63) is 199 Å². The van der Waals surface area contributed by atoms with E-state index in [1.165, 1.54) is 86.2 Å². The quantitative estimate of drug-likeness (QED) is 0.160. The third kappa shape index (κ3) is 4.85. The largest absolute Gasteiger partial charge is 0.309 e. The van der Waals surface area contributed by atoms with Crippen molar-refractivity contribution in [2.45, 2.75) is 19.3 Å². The standard InChI is InChI=1S/C53H37NS/c1-53(2)45-25-13-10-23-41(45)42-29-28-36(33-46(42)53)54(47-26-14-11-20-38(47)34-16-4-3-5-17-34)48-30-31-50-52(43-24-12-15-27-49(43)55-50)51(48)44-32-35-18-6-7-19-37(35)39-21-8-9-22-40(39)44/h3-33H,1-2H3. The highest BCUT2D eigenvalue weighted by atomic mass is 32.1. The predicted molar refractivity (Wildman–Crippen MR) is 237 cm³/mol. The Labute approximate surface area is 325 Å². The molecule has 0 unspecified atom stereocenters. The van der Waals surface area contributed by atoms with Gasteiger partial charge in [0.05, 0.1) is 11.4 Å². The van der Waals surface area contributed by atoms with Gasteiger partial charge in [-0.1, -0.05) is 159 Å². The molecule has 0 radical (unpaired) electrons. The maximum absolute atomic E-state index is 2.55. The van der Waals surface area contributed by atoms with Gasteiger partial charge in [0.2, 0.25) is 0 Å². The Morgan fingerprint density at radius 3 is 1.93 bits per heavy atom. The molecular weight excluding hydrogens is 683 g/mol. The van der Waals surface area contributed by atoms with Gasteiger partial charge in [0.1, 0.15) is 0 Å². The van der Waals surface area contributed by atoms with Crippen LogP contribution in [-0.4, -0.2) is 0 Å². The number of nitrogens with zero attached hydrogens (tertiary/aromatic N) is 1. The molecule has 1 aliphatic rings. The molecule has 0 N–H and O–H groups in total. The first-order valence-electron chi connectivity index (χ1n) is 19.1. The van der Waals surface area contributed by atoms with E-state index in [2.05, 4.69) is 207 Å². The van der Waals surface area contributed by atoms with Gasteiger partial charge in [0, 0.05) is 42.4 Å². The van der Waals surface area contributed by atoms with Crippen LogP contribution in [-0.2, 0) is 5.41 Å². The summed E-state index contributed by atoms with van der Waals surface area (Å²) in [7, 11) is 0. The van der Waals surface area contributed by atoms with Crippen molar-refractivity contribution in [3.63, 3.8) is 0 Å². The third-order valence-electron chi connectivity index (χ3n) is 11.9. The Morgan fingerprint density at radius 2 is 1.07 bits per heavy atom. The highest BCUT2D eigenvalue weighted by Crippen LogP contribution is 2.54. The lowest BCUT2D eigenvalue weighted by Crippen LogP contribution is -2.17. The van der Waals surface area contributed by atoms with Crippen LogP contribution in [0.4, 0.5) is 17.1 Å². The summed E-state index contributed by atoms with van der Waals surface area (Å²) in [5, 5.41) is 7.64. The van der Waals surface area contributed by atoms with Crippen LogP contribution in [0.25, 0.3) is 75.1 Å². The lowest BCUT2D eigenvalue weighted by molar-refractivity contribution is 0.660. The van der Waals surface area contributed by atoms with Gasteiger partial charge in [-0.2, -0.15) is 0 Å². The van der Waals surface area contributed by atoms with E-state index in [1.807, 2.05) is 11.3 Å². The van der Waals surface area contributed by atoms with Crippen LogP contribution in [0.5, 0.6) is 0 Å². The topological polar surface area (TPSA) is 3.24 Å². The molecule has 10 aromatic rings. The van der Waals surface area contributed by atoms with Crippen molar-refractivity contribution in [1.29, 1.82) is 0 Å². The summed E-state index contributed by atoms with van der Waals surface area (Å²) in [5.74, 6) is 0. The Bertz CT molecular complexity index is 3130. The molecule has 2 heteroatoms. The van der Waals surface area contributed by atoms with E-state index in [-0.39, 0.29) is 5.41 Å². The SMILES string of the molecule is CC1(C)c2ccccc2-c2ccc(N(c3ccccc3-c3ccccc3)c3ccc4sc5ccccc5c4c3-c3cc4ccccc4c4ccccc34)cc21. The minimum atomic E-state index is -0.141. The molecule has 55 heavy (non-hydrogen) atoms. The molecule has 0 saturated heterocycles. The van der Waals surface area contributed by atoms with Crippen molar-refractivity contribution in [3.8, 4) is 33.4 Å². The molecule has 1 heterocycles. The summed E-state index contributed by atoms with van der Waals surface area (Å²) in [6, 6.07) is 69.8. The second-order valence-corrected chi connectivity index (χ2v) is 16.3. The van der Waals surface area contributed by atoms with Gasteiger partial charge in [-0.3, -0.25) is 0 Å². The molecule has 0 amide bonds. The fraction of sp³-hybridized carbons (Fsp3) is 0.0566. The predicted octanol–water partition coefficient (Wildman–Crippen LogP) is 15.5. The van der Waals surface area contributed by atoms with Crippen LogP contribution >= 0.6 is 11.3 Å². The van der Waals surface area contributed by atoms with Gasteiger partial charge in [-0.15, -0.1) is 11.3 Å². The number of hydrogen-bond donors (Lipinski definition) is 0. The normalized spacial score (nSPS) is 13.1. The number of thiophene rings is 1. The van der Waals surface area contributed by atoms with E-state index in [0.717, 1.165) is 17.1 Å². The zero-order valence-corrected chi connectivity index (χ0v) is 31.6. The van der Waals surface area contributed by atoms with E-state index in [4.69, 9.17) is 0 Å². The van der Waals surface area contributed by atoms with Crippen molar-refractivity contribution < 1.29 is 0 Å². The molecule has 11 rings (SSSR count). The minimum Gasteiger partial charge on any atom is -0.309 e. The molecule has 0 spiro atoms. The van der Waals surface area contributed by atoms with Crippen LogP contribution in [0.1, 0.15) is 25.0 Å². The van der Waals surface area contributed by atoms with Crippen molar-refractivity contribution >= 4 is 70.1 Å². The Hall–Kier alpha value is -6.48. The molecule has 0 bridgehead atoms. The molecule has 9 aromatic carbocycles. The molecular formula is C53H37NS. The Balaban J connectivity index is 1.29. The lowest BCUT2D eigenvalue weighted by atomic mass is 9.82. The summed E-state index contributed by atoms with van der Waals surface area (Å²) in [6.07, 6.45) is 0. The second-order valence-electron chi connectivity index (χ2n) is 15.2. The summed E-state index contributed by atoms with van der Waals surface area (Å²) in [5.41, 5.74) is 13.6. The highest BCUT2D eigenvalue weighted by Gasteiger charge is 2.36. The number of fused-ring (bicyclic) bond motifs is 9. The molecule has 0 aliphatic heterocycles. The van der Waals surface area contributed by atoms with Gasteiger partial charge >= 0.3 is 0 Å². The van der Waals surface area contributed by atoms with Crippen molar-refractivity contribution in [2.75, 3.05) is 4.90 Å². The maximum Gasteiger partial charge on any atom is 0.0547 e. The lowest BCUT2D eigenvalue weighted by Gasteiger charge is -2.32. The molecule has 1 nitrogen and oxygen atoms in total. The summed E-state index contributed by atoms with van der Waals surface area (Å²) < 4.78 is 2.59. The average molecular weight is 720 g/mol. The first kappa shape index (κ1) is 32.0. The molecule has 1 aromatic heterocycles. The average Bonchev–Trinajstić information content (AvgIpc) is 3.73. The van der Waals surface area contributed by atoms with Crippen LogP contribution in [0.3, 0.4) is 0 Å². The van der Waals surface area contributed by atoms with Crippen molar-refractivity contribution in [1.82, 2.24) is 0 Å². The van der Waals surface area contributed by atoms with E-state index >= 15 is 0 Å². The van der Waals surface area contributed by atoms with E-state index < -0.39 is 0 Å². The summed E-state index contributed by atoms with van der Waals surface area (Å²) >= 11 is 1.88. The molecule has 1 aliphatic carbocycles. The van der Waals surface area contributed by atoms with E-state index in [9.17, 15) is 0 Å². The number of hydrogen-bond acceptors (Lipinski definition) is 2. The summed E-state index contributed by atoms with van der Waals surface area (Å²) in [4.78, 5) is 2.55. The fourth-order valence-corrected chi connectivity index (χ4v) is 10.4. The zero-order valence-electron chi connectivity index (χ0n) is 30.8. The van der Waals surface area contributed by atoms with E-state index in [0.29, 0.717) is 0 Å². The van der Waals surface area contributed by atoms with Gasteiger partial charge < -0.3 is 4.90 Å². The van der Waals surface area contributed by atoms with E-state index in [1.54, 1.807) is 0 Å². The summed E-state index contributed by atoms with van der Waals surface area (Å²) in [6.45, 7) is 4.75. The molecule has 0 saturated carbocycles. The molecule has 260 valence electrons. The first-order valence-corrected chi connectivity index (χ1v) is 19.9. The minimum absolute atomic E-state index is 0.141. The number of rotatable bonds is 5. The molecule has 0 fully saturated rings. The second kappa shape index (κ2) is 12.3.